The Hall–Kier alpha value is -3.48. The zero-order valence-corrected chi connectivity index (χ0v) is 16.9. The van der Waals surface area contributed by atoms with E-state index in [4.69, 9.17) is 19.2 Å². The molecule has 2 heterocycles. The molecule has 29 heavy (non-hydrogen) atoms. The summed E-state index contributed by atoms with van der Waals surface area (Å²) in [7, 11) is 3.22. The van der Waals surface area contributed by atoms with Gasteiger partial charge in [-0.15, -0.1) is 0 Å². The number of allylic oxidation sites excluding steroid dienone is 1. The molecule has 3 aromatic rings. The average molecular weight is 393 g/mol. The van der Waals surface area contributed by atoms with E-state index in [0.29, 0.717) is 28.7 Å². The molecule has 1 atom stereocenters. The second-order valence-corrected chi connectivity index (χ2v) is 6.69. The molecule has 4 rings (SSSR count). The highest BCUT2D eigenvalue weighted by atomic mass is 16.5. The standard InChI is InChI=1S/C22H23N3O4/c1-5-29-21(26)19-13(2)23-22-24-16-8-6-7-9-17(16)25(22)20(19)15-12-14(27-3)10-11-18(15)28-4/h6-12,20H,5H2,1-4H3,(H,23,24)/t20-/m1/s1. The number of carbonyl (C=O) groups is 1. The maximum Gasteiger partial charge on any atom is 0.338 e. The van der Waals surface area contributed by atoms with Gasteiger partial charge >= 0.3 is 5.97 Å². The number of nitrogens with zero attached hydrogens (tertiary/aromatic N) is 2. The number of methoxy groups -OCH3 is 2. The van der Waals surface area contributed by atoms with Gasteiger partial charge in [-0.1, -0.05) is 12.1 Å². The molecular formula is C22H23N3O4. The SMILES string of the molecule is CCOC(=O)C1=C(C)Nc2nc3ccccc3n2[C@@H]1c1cc(OC)ccc1OC. The van der Waals surface area contributed by atoms with E-state index in [1.807, 2.05) is 54.0 Å². The summed E-state index contributed by atoms with van der Waals surface area (Å²) in [5.74, 6) is 1.60. The van der Waals surface area contributed by atoms with Crippen molar-refractivity contribution in [3.8, 4) is 11.5 Å². The summed E-state index contributed by atoms with van der Waals surface area (Å²) in [5, 5.41) is 3.26. The van der Waals surface area contributed by atoms with Crippen molar-refractivity contribution in [2.45, 2.75) is 19.9 Å². The van der Waals surface area contributed by atoms with Crippen molar-refractivity contribution in [3.63, 3.8) is 0 Å². The first kappa shape index (κ1) is 18.9. The van der Waals surface area contributed by atoms with E-state index in [1.165, 1.54) is 0 Å². The van der Waals surface area contributed by atoms with Crippen LogP contribution in [0, 0.1) is 0 Å². The molecular weight excluding hydrogens is 370 g/mol. The molecule has 0 aliphatic carbocycles. The second kappa shape index (κ2) is 7.50. The van der Waals surface area contributed by atoms with Crippen LogP contribution in [-0.2, 0) is 9.53 Å². The van der Waals surface area contributed by atoms with Crippen molar-refractivity contribution >= 4 is 23.0 Å². The van der Waals surface area contributed by atoms with Crippen molar-refractivity contribution in [3.05, 3.63) is 59.3 Å². The summed E-state index contributed by atoms with van der Waals surface area (Å²) in [4.78, 5) is 17.7. The molecule has 0 amide bonds. The average Bonchev–Trinajstić information content (AvgIpc) is 3.10. The van der Waals surface area contributed by atoms with E-state index in [9.17, 15) is 4.79 Å². The smallest absolute Gasteiger partial charge is 0.338 e. The van der Waals surface area contributed by atoms with Crippen LogP contribution in [0.25, 0.3) is 11.0 Å². The lowest BCUT2D eigenvalue weighted by Gasteiger charge is -2.31. The predicted octanol–water partition coefficient (Wildman–Crippen LogP) is 3.91. The number of ether oxygens (including phenoxy) is 3. The molecule has 150 valence electrons. The van der Waals surface area contributed by atoms with Crippen LogP contribution in [-0.4, -0.2) is 36.3 Å². The summed E-state index contributed by atoms with van der Waals surface area (Å²) >= 11 is 0. The number of fused-ring (bicyclic) bond motifs is 3. The van der Waals surface area contributed by atoms with Gasteiger partial charge in [-0.3, -0.25) is 4.57 Å². The zero-order valence-electron chi connectivity index (χ0n) is 16.9. The molecule has 0 spiro atoms. The molecule has 2 aromatic carbocycles. The van der Waals surface area contributed by atoms with Crippen LogP contribution in [0.4, 0.5) is 5.95 Å². The summed E-state index contributed by atoms with van der Waals surface area (Å²) in [6.45, 7) is 3.94. The number of anilines is 1. The lowest BCUT2D eigenvalue weighted by molar-refractivity contribution is -0.139. The Morgan fingerprint density at radius 3 is 2.69 bits per heavy atom. The van der Waals surface area contributed by atoms with Crippen LogP contribution < -0.4 is 14.8 Å². The fourth-order valence-corrected chi connectivity index (χ4v) is 3.78. The van der Waals surface area contributed by atoms with Gasteiger partial charge in [0.2, 0.25) is 5.95 Å². The van der Waals surface area contributed by atoms with E-state index in [0.717, 1.165) is 16.6 Å². The molecule has 0 bridgehead atoms. The Balaban J connectivity index is 2.03. The first-order valence-corrected chi connectivity index (χ1v) is 9.42. The maximum atomic E-state index is 13.0. The van der Waals surface area contributed by atoms with Crippen molar-refractivity contribution < 1.29 is 19.0 Å². The molecule has 0 saturated carbocycles. The highest BCUT2D eigenvalue weighted by Crippen LogP contribution is 2.43. The van der Waals surface area contributed by atoms with Gasteiger partial charge in [0.15, 0.2) is 0 Å². The van der Waals surface area contributed by atoms with Crippen LogP contribution in [0.15, 0.2) is 53.7 Å². The van der Waals surface area contributed by atoms with Crippen LogP contribution in [0.5, 0.6) is 11.5 Å². The highest BCUT2D eigenvalue weighted by Gasteiger charge is 2.36. The minimum Gasteiger partial charge on any atom is -0.497 e. The lowest BCUT2D eigenvalue weighted by atomic mass is 9.94. The molecule has 1 aliphatic rings. The number of imidazole rings is 1. The molecule has 0 radical (unpaired) electrons. The highest BCUT2D eigenvalue weighted by molar-refractivity contribution is 5.94. The predicted molar refractivity (Wildman–Crippen MR) is 110 cm³/mol. The number of rotatable bonds is 5. The van der Waals surface area contributed by atoms with Crippen molar-refractivity contribution in [1.82, 2.24) is 9.55 Å². The molecule has 7 nitrogen and oxygen atoms in total. The molecule has 1 N–H and O–H groups in total. The topological polar surface area (TPSA) is 74.6 Å². The zero-order chi connectivity index (χ0) is 20.5. The number of para-hydroxylation sites is 2. The van der Waals surface area contributed by atoms with Crippen molar-refractivity contribution in [1.29, 1.82) is 0 Å². The van der Waals surface area contributed by atoms with E-state index >= 15 is 0 Å². The summed E-state index contributed by atoms with van der Waals surface area (Å²) < 4.78 is 18.5. The van der Waals surface area contributed by atoms with Gasteiger partial charge in [0.1, 0.15) is 11.5 Å². The number of esters is 1. The molecule has 7 heteroatoms. The van der Waals surface area contributed by atoms with E-state index in [1.54, 1.807) is 21.1 Å². The maximum absolute atomic E-state index is 13.0. The van der Waals surface area contributed by atoms with Gasteiger partial charge in [0.05, 0.1) is 43.5 Å². The number of hydrogen-bond donors (Lipinski definition) is 1. The number of nitrogens with one attached hydrogen (secondary N) is 1. The third kappa shape index (κ3) is 3.08. The van der Waals surface area contributed by atoms with E-state index < -0.39 is 6.04 Å². The van der Waals surface area contributed by atoms with Crippen LogP contribution in [0.2, 0.25) is 0 Å². The van der Waals surface area contributed by atoms with Gasteiger partial charge < -0.3 is 19.5 Å². The van der Waals surface area contributed by atoms with Crippen LogP contribution in [0.1, 0.15) is 25.5 Å². The summed E-state index contributed by atoms with van der Waals surface area (Å²) in [6, 6.07) is 12.9. The monoisotopic (exact) mass is 393 g/mol. The number of benzene rings is 2. The van der Waals surface area contributed by atoms with Gasteiger partial charge in [0, 0.05) is 11.3 Å². The third-order valence-electron chi connectivity index (χ3n) is 5.06. The van der Waals surface area contributed by atoms with Crippen molar-refractivity contribution in [2.24, 2.45) is 0 Å². The Labute approximate surface area is 168 Å². The number of aromatic nitrogens is 2. The normalized spacial score (nSPS) is 15.7. The Kier molecular flexibility index (Phi) is 4.88. The van der Waals surface area contributed by atoms with Crippen LogP contribution >= 0.6 is 0 Å². The minimum absolute atomic E-state index is 0.287. The third-order valence-corrected chi connectivity index (χ3v) is 5.06. The quantitative estimate of drug-likeness (QED) is 0.663. The molecule has 0 unspecified atom stereocenters. The van der Waals surface area contributed by atoms with Gasteiger partial charge in [-0.2, -0.15) is 0 Å². The van der Waals surface area contributed by atoms with Gasteiger partial charge in [0.25, 0.3) is 0 Å². The van der Waals surface area contributed by atoms with Gasteiger partial charge in [-0.25, -0.2) is 9.78 Å². The van der Waals surface area contributed by atoms with Gasteiger partial charge in [-0.05, 0) is 44.2 Å². The molecule has 0 fully saturated rings. The second-order valence-electron chi connectivity index (χ2n) is 6.69. The summed E-state index contributed by atoms with van der Waals surface area (Å²) in [5.41, 5.74) is 3.73. The first-order valence-electron chi connectivity index (χ1n) is 9.42. The molecule has 1 aromatic heterocycles. The van der Waals surface area contributed by atoms with E-state index in [2.05, 4.69) is 5.32 Å². The first-order chi connectivity index (χ1) is 14.1. The van der Waals surface area contributed by atoms with Crippen LogP contribution in [0.3, 0.4) is 0 Å². The fourth-order valence-electron chi connectivity index (χ4n) is 3.78. The number of hydrogen-bond acceptors (Lipinski definition) is 6. The molecule has 0 saturated heterocycles. The van der Waals surface area contributed by atoms with Crippen molar-refractivity contribution in [2.75, 3.05) is 26.1 Å². The summed E-state index contributed by atoms with van der Waals surface area (Å²) in [6.07, 6.45) is 0. The Bertz CT molecular complexity index is 1120. The lowest BCUT2D eigenvalue weighted by Crippen LogP contribution is -2.29. The fraction of sp³-hybridized carbons (Fsp3) is 0.273. The number of carbonyl (C=O) groups excluding carboxylic acids is 1. The van der Waals surface area contributed by atoms with E-state index in [-0.39, 0.29) is 12.6 Å². The minimum atomic E-state index is -0.484. The Morgan fingerprint density at radius 2 is 1.97 bits per heavy atom. The molecule has 1 aliphatic heterocycles. The Morgan fingerprint density at radius 1 is 1.17 bits per heavy atom. The largest absolute Gasteiger partial charge is 0.497 e.